The van der Waals surface area contributed by atoms with Crippen molar-refractivity contribution in [3.8, 4) is 0 Å². The van der Waals surface area contributed by atoms with E-state index in [2.05, 4.69) is 11.7 Å². The van der Waals surface area contributed by atoms with Crippen LogP contribution in [0, 0.1) is 0 Å². The molecule has 0 aromatic heterocycles. The summed E-state index contributed by atoms with van der Waals surface area (Å²) in [6.45, 7) is 4.16. The van der Waals surface area contributed by atoms with Crippen LogP contribution in [0.4, 0.5) is 0 Å². The van der Waals surface area contributed by atoms with E-state index in [0.29, 0.717) is 24.4 Å². The van der Waals surface area contributed by atoms with Gasteiger partial charge in [-0.1, -0.05) is 18.2 Å². The molecule has 1 rings (SSSR count). The molecule has 0 saturated carbocycles. The standard InChI is InChI=1S/C8H12ClN3O/c1-6(9)5-12-8(13)3-2-7(4-10)11-12/h1-5,10H2. The number of halogens is 1. The van der Waals surface area contributed by atoms with Gasteiger partial charge in [-0.2, -0.15) is 5.10 Å². The van der Waals surface area contributed by atoms with Crippen molar-refractivity contribution in [2.45, 2.75) is 12.8 Å². The van der Waals surface area contributed by atoms with Crippen LogP contribution in [-0.2, 0) is 4.79 Å². The molecule has 0 spiro atoms. The van der Waals surface area contributed by atoms with Crippen molar-refractivity contribution in [3.05, 3.63) is 11.6 Å². The molecule has 0 aliphatic carbocycles. The Kier molecular flexibility index (Phi) is 3.45. The minimum absolute atomic E-state index is 0.0287. The molecule has 1 aliphatic heterocycles. The molecular weight excluding hydrogens is 190 g/mol. The second-order valence-corrected chi connectivity index (χ2v) is 3.37. The number of amides is 1. The topological polar surface area (TPSA) is 58.7 Å². The number of nitrogens with zero attached hydrogens (tertiary/aromatic N) is 2. The average Bonchev–Trinajstić information content (AvgIpc) is 2.08. The van der Waals surface area contributed by atoms with Crippen molar-refractivity contribution in [3.63, 3.8) is 0 Å². The van der Waals surface area contributed by atoms with E-state index in [0.717, 1.165) is 5.71 Å². The Bertz CT molecular complexity index is 262. The lowest BCUT2D eigenvalue weighted by Crippen LogP contribution is -2.34. The van der Waals surface area contributed by atoms with Crippen molar-refractivity contribution in [1.82, 2.24) is 5.01 Å². The molecule has 5 heteroatoms. The fraction of sp³-hybridized carbons (Fsp3) is 0.500. The van der Waals surface area contributed by atoms with Gasteiger partial charge in [-0.3, -0.25) is 4.79 Å². The Labute approximate surface area is 82.0 Å². The molecule has 4 nitrogen and oxygen atoms in total. The summed E-state index contributed by atoms with van der Waals surface area (Å²) in [6, 6.07) is 0. The molecule has 0 unspecified atom stereocenters. The van der Waals surface area contributed by atoms with Gasteiger partial charge < -0.3 is 5.73 Å². The van der Waals surface area contributed by atoms with E-state index < -0.39 is 0 Å². The summed E-state index contributed by atoms with van der Waals surface area (Å²) < 4.78 is 0. The van der Waals surface area contributed by atoms with Crippen LogP contribution in [0.1, 0.15) is 12.8 Å². The molecule has 0 bridgehead atoms. The number of carbonyl (C=O) groups is 1. The van der Waals surface area contributed by atoms with E-state index in [9.17, 15) is 4.79 Å². The van der Waals surface area contributed by atoms with Gasteiger partial charge in [0.05, 0.1) is 12.3 Å². The van der Waals surface area contributed by atoms with Crippen LogP contribution in [0.15, 0.2) is 16.7 Å². The summed E-state index contributed by atoms with van der Waals surface area (Å²) in [5.74, 6) is -0.0287. The van der Waals surface area contributed by atoms with Crippen molar-refractivity contribution < 1.29 is 4.79 Å². The Morgan fingerprint density at radius 3 is 2.92 bits per heavy atom. The Morgan fingerprint density at radius 1 is 1.69 bits per heavy atom. The van der Waals surface area contributed by atoms with Gasteiger partial charge in [0.1, 0.15) is 0 Å². The van der Waals surface area contributed by atoms with Crippen molar-refractivity contribution in [2.75, 3.05) is 13.1 Å². The lowest BCUT2D eigenvalue weighted by Gasteiger charge is -2.22. The highest BCUT2D eigenvalue weighted by molar-refractivity contribution is 6.29. The van der Waals surface area contributed by atoms with E-state index in [4.69, 9.17) is 17.3 Å². The molecule has 0 fully saturated rings. The smallest absolute Gasteiger partial charge is 0.243 e. The van der Waals surface area contributed by atoms with Crippen LogP contribution in [-0.4, -0.2) is 29.7 Å². The third-order valence-corrected chi connectivity index (χ3v) is 1.85. The first kappa shape index (κ1) is 10.2. The van der Waals surface area contributed by atoms with Crippen LogP contribution in [0.2, 0.25) is 0 Å². The third kappa shape index (κ3) is 2.82. The minimum Gasteiger partial charge on any atom is -0.325 e. The van der Waals surface area contributed by atoms with Gasteiger partial charge in [0.2, 0.25) is 5.91 Å². The molecule has 0 saturated heterocycles. The first-order valence-electron chi connectivity index (χ1n) is 4.03. The number of rotatable bonds is 3. The molecule has 1 heterocycles. The van der Waals surface area contributed by atoms with E-state index in [1.54, 1.807) is 0 Å². The SMILES string of the molecule is C=C(Cl)CN1N=C(CN)CCC1=O. The predicted molar refractivity (Wildman–Crippen MR) is 52.4 cm³/mol. The van der Waals surface area contributed by atoms with Crippen LogP contribution in [0.25, 0.3) is 0 Å². The van der Waals surface area contributed by atoms with Gasteiger partial charge in [0.15, 0.2) is 0 Å². The monoisotopic (exact) mass is 201 g/mol. The number of hydrazone groups is 1. The summed E-state index contributed by atoms with van der Waals surface area (Å²) >= 11 is 5.58. The van der Waals surface area contributed by atoms with Gasteiger partial charge in [0, 0.05) is 18.0 Å². The summed E-state index contributed by atoms with van der Waals surface area (Å²) in [4.78, 5) is 11.3. The van der Waals surface area contributed by atoms with Gasteiger partial charge in [0.25, 0.3) is 0 Å². The van der Waals surface area contributed by atoms with Crippen molar-refractivity contribution >= 4 is 23.2 Å². The summed E-state index contributed by atoms with van der Waals surface area (Å²) in [7, 11) is 0. The quantitative estimate of drug-likeness (QED) is 0.730. The first-order chi connectivity index (χ1) is 6.13. The fourth-order valence-corrected chi connectivity index (χ4v) is 1.20. The molecule has 72 valence electrons. The van der Waals surface area contributed by atoms with E-state index in [-0.39, 0.29) is 12.5 Å². The zero-order valence-electron chi connectivity index (χ0n) is 7.29. The third-order valence-electron chi connectivity index (χ3n) is 1.73. The number of hydrogen-bond donors (Lipinski definition) is 1. The zero-order chi connectivity index (χ0) is 9.84. The first-order valence-corrected chi connectivity index (χ1v) is 4.41. The van der Waals surface area contributed by atoms with Gasteiger partial charge in [-0.05, 0) is 6.42 Å². The molecule has 0 radical (unpaired) electrons. The largest absolute Gasteiger partial charge is 0.325 e. The van der Waals surface area contributed by atoms with Gasteiger partial charge >= 0.3 is 0 Å². The average molecular weight is 202 g/mol. The number of hydrogen-bond acceptors (Lipinski definition) is 3. The van der Waals surface area contributed by atoms with Crippen LogP contribution in [0.5, 0.6) is 0 Å². The zero-order valence-corrected chi connectivity index (χ0v) is 8.05. The van der Waals surface area contributed by atoms with Gasteiger partial charge in [-0.25, -0.2) is 5.01 Å². The maximum atomic E-state index is 11.3. The predicted octanol–water partition coefficient (Wildman–Crippen LogP) is 0.676. The summed E-state index contributed by atoms with van der Waals surface area (Å²) in [6.07, 6.45) is 1.11. The fourth-order valence-electron chi connectivity index (χ4n) is 1.09. The maximum Gasteiger partial charge on any atom is 0.243 e. The van der Waals surface area contributed by atoms with E-state index >= 15 is 0 Å². The second-order valence-electron chi connectivity index (χ2n) is 2.84. The molecule has 0 aromatic rings. The summed E-state index contributed by atoms with van der Waals surface area (Å²) in [5.41, 5.74) is 6.25. The molecule has 1 amide bonds. The van der Waals surface area contributed by atoms with E-state index in [1.165, 1.54) is 5.01 Å². The Morgan fingerprint density at radius 2 is 2.38 bits per heavy atom. The minimum atomic E-state index is -0.0287. The summed E-state index contributed by atoms with van der Waals surface area (Å²) in [5, 5.41) is 5.77. The highest BCUT2D eigenvalue weighted by atomic mass is 35.5. The Hall–Kier alpha value is -0.870. The van der Waals surface area contributed by atoms with E-state index in [1.807, 2.05) is 0 Å². The normalized spacial score (nSPS) is 17.2. The number of carbonyl (C=O) groups excluding carboxylic acids is 1. The highest BCUT2D eigenvalue weighted by Crippen LogP contribution is 2.11. The molecule has 0 aromatic carbocycles. The lowest BCUT2D eigenvalue weighted by atomic mass is 10.2. The van der Waals surface area contributed by atoms with Crippen LogP contribution in [0.3, 0.4) is 0 Å². The molecule has 13 heavy (non-hydrogen) atoms. The number of nitrogens with two attached hydrogens (primary N) is 1. The van der Waals surface area contributed by atoms with Gasteiger partial charge in [-0.15, -0.1) is 0 Å². The van der Waals surface area contributed by atoms with Crippen molar-refractivity contribution in [1.29, 1.82) is 0 Å². The second kappa shape index (κ2) is 4.39. The van der Waals surface area contributed by atoms with Crippen molar-refractivity contribution in [2.24, 2.45) is 10.8 Å². The Balaban J connectivity index is 2.68. The molecule has 2 N–H and O–H groups in total. The van der Waals surface area contributed by atoms with Crippen LogP contribution >= 0.6 is 11.6 Å². The molecule has 1 aliphatic rings. The molecule has 0 atom stereocenters. The molecular formula is C8H12ClN3O. The highest BCUT2D eigenvalue weighted by Gasteiger charge is 2.19. The van der Waals surface area contributed by atoms with Crippen LogP contribution < -0.4 is 5.73 Å². The maximum absolute atomic E-state index is 11.3. The lowest BCUT2D eigenvalue weighted by molar-refractivity contribution is -0.131.